The van der Waals surface area contributed by atoms with Gasteiger partial charge in [0, 0.05) is 14.0 Å². The maximum atomic E-state index is 6.01. The molecule has 1 aliphatic carbocycles. The van der Waals surface area contributed by atoms with E-state index in [1.807, 2.05) is 13.8 Å². The number of hydrogen-bond acceptors (Lipinski definition) is 2. The van der Waals surface area contributed by atoms with Crippen LogP contribution in [0.3, 0.4) is 0 Å². The third-order valence-corrected chi connectivity index (χ3v) is 4.63. The minimum absolute atomic E-state index is 0. The molecule has 0 aromatic rings. The van der Waals surface area contributed by atoms with Crippen molar-refractivity contribution in [1.29, 1.82) is 0 Å². The summed E-state index contributed by atoms with van der Waals surface area (Å²) in [5.74, 6) is 0.814. The van der Waals surface area contributed by atoms with Gasteiger partial charge < -0.3 is 10.6 Å². The van der Waals surface area contributed by atoms with Crippen molar-refractivity contribution in [2.45, 2.75) is 72.3 Å². The van der Waals surface area contributed by atoms with Gasteiger partial charge in [-0.1, -0.05) is 27.7 Å². The van der Waals surface area contributed by atoms with E-state index >= 15 is 0 Å². The number of hydrogen-bond donors (Lipinski definition) is 1. The van der Waals surface area contributed by atoms with Gasteiger partial charge in [0.1, 0.15) is 0 Å². The van der Waals surface area contributed by atoms with E-state index < -0.39 is 0 Å². The van der Waals surface area contributed by atoms with E-state index in [4.69, 9.17) is 5.73 Å². The highest BCUT2D eigenvalue weighted by Crippen LogP contribution is 2.44. The Bertz CT molecular complexity index is 213. The van der Waals surface area contributed by atoms with E-state index in [0.717, 1.165) is 5.92 Å². The van der Waals surface area contributed by atoms with E-state index in [0.29, 0.717) is 11.5 Å². The van der Waals surface area contributed by atoms with Crippen LogP contribution in [-0.4, -0.2) is 30.6 Å². The second-order valence-electron chi connectivity index (χ2n) is 6.53. The number of likely N-dealkylation sites (tertiary alicyclic amines) is 1. The quantitative estimate of drug-likeness (QED) is 0.812. The highest BCUT2D eigenvalue weighted by molar-refractivity contribution is 4.91. The monoisotopic (exact) mass is 256 g/mol. The molecule has 110 valence electrons. The van der Waals surface area contributed by atoms with Crippen LogP contribution >= 0.6 is 0 Å². The van der Waals surface area contributed by atoms with Gasteiger partial charge >= 0.3 is 0 Å². The van der Waals surface area contributed by atoms with E-state index in [1.165, 1.54) is 58.2 Å². The predicted molar refractivity (Wildman–Crippen MR) is 82.9 cm³/mol. The molecule has 2 N–H and O–H groups in total. The second-order valence-corrected chi connectivity index (χ2v) is 6.53. The predicted octanol–water partition coefficient (Wildman–Crippen LogP) is 3.90. The molecule has 0 radical (unpaired) electrons. The molecule has 1 heterocycles. The Morgan fingerprint density at radius 3 is 2.06 bits per heavy atom. The van der Waals surface area contributed by atoms with Crippen LogP contribution in [0, 0.1) is 11.3 Å². The summed E-state index contributed by atoms with van der Waals surface area (Å²) in [5.41, 5.74) is 6.69. The lowest BCUT2D eigenvalue weighted by Crippen LogP contribution is -2.44. The van der Waals surface area contributed by atoms with Gasteiger partial charge in [0.05, 0.1) is 0 Å². The second kappa shape index (κ2) is 7.49. The zero-order chi connectivity index (χ0) is 13.6. The molecule has 2 aliphatic rings. The molecular weight excluding hydrogens is 220 g/mol. The average Bonchev–Trinajstić information content (AvgIpc) is 2.38. The van der Waals surface area contributed by atoms with Crippen LogP contribution in [0.4, 0.5) is 0 Å². The maximum absolute atomic E-state index is 6.01. The largest absolute Gasteiger partial charge is 0.328 e. The topological polar surface area (TPSA) is 29.3 Å². The van der Waals surface area contributed by atoms with Crippen LogP contribution in [0.1, 0.15) is 67.6 Å². The smallest absolute Gasteiger partial charge is 0.00392 e. The summed E-state index contributed by atoms with van der Waals surface area (Å²) in [7, 11) is 0. The third kappa shape index (κ3) is 4.55. The van der Waals surface area contributed by atoms with Crippen LogP contribution in [0.2, 0.25) is 0 Å². The lowest BCUT2D eigenvalue weighted by Gasteiger charge is -2.45. The molecule has 1 spiro atoms. The fourth-order valence-corrected chi connectivity index (χ4v) is 3.48. The van der Waals surface area contributed by atoms with Gasteiger partial charge in [-0.2, -0.15) is 0 Å². The maximum Gasteiger partial charge on any atom is 0.00392 e. The summed E-state index contributed by atoms with van der Waals surface area (Å²) in [5, 5.41) is 0. The molecule has 0 unspecified atom stereocenters. The molecule has 1 saturated carbocycles. The Kier molecular flexibility index (Phi) is 6.65. The molecule has 0 aromatic heterocycles. The Balaban J connectivity index is 0.00000103. The van der Waals surface area contributed by atoms with E-state index in [2.05, 4.69) is 18.7 Å². The van der Waals surface area contributed by atoms with E-state index in [9.17, 15) is 0 Å². The first-order valence-corrected chi connectivity index (χ1v) is 8.08. The number of piperidine rings is 1. The molecule has 0 bridgehead atoms. The highest BCUT2D eigenvalue weighted by Gasteiger charge is 2.37. The Morgan fingerprint density at radius 2 is 1.61 bits per heavy atom. The van der Waals surface area contributed by atoms with Crippen molar-refractivity contribution in [3.05, 3.63) is 0 Å². The molecule has 1 saturated heterocycles. The highest BCUT2D eigenvalue weighted by atomic mass is 15.1. The summed E-state index contributed by atoms with van der Waals surface area (Å²) in [4.78, 5) is 2.66. The van der Waals surface area contributed by atoms with Gasteiger partial charge in [0.25, 0.3) is 0 Å². The SMILES string of the molecule is CC.CC(C)CN1CCC2(CCC(N)CC2)CC1.[HH]. The first-order valence-electron chi connectivity index (χ1n) is 8.08. The van der Waals surface area contributed by atoms with Gasteiger partial charge in [-0.15, -0.1) is 0 Å². The Morgan fingerprint density at radius 1 is 1.11 bits per heavy atom. The number of nitrogens with zero attached hydrogens (tertiary/aromatic N) is 1. The van der Waals surface area contributed by atoms with Gasteiger partial charge in [-0.05, 0) is 62.9 Å². The lowest BCUT2D eigenvalue weighted by atomic mass is 9.67. The first kappa shape index (κ1) is 16.0. The van der Waals surface area contributed by atoms with Crippen LogP contribution < -0.4 is 5.73 Å². The molecule has 18 heavy (non-hydrogen) atoms. The minimum Gasteiger partial charge on any atom is -0.328 e. The van der Waals surface area contributed by atoms with Crippen molar-refractivity contribution >= 4 is 0 Å². The van der Waals surface area contributed by atoms with Crippen molar-refractivity contribution in [2.24, 2.45) is 17.1 Å². The molecule has 0 aromatic carbocycles. The van der Waals surface area contributed by atoms with Crippen molar-refractivity contribution in [2.75, 3.05) is 19.6 Å². The van der Waals surface area contributed by atoms with Crippen LogP contribution in [0.25, 0.3) is 0 Å². The van der Waals surface area contributed by atoms with Crippen molar-refractivity contribution in [3.63, 3.8) is 0 Å². The van der Waals surface area contributed by atoms with Crippen LogP contribution in [0.15, 0.2) is 0 Å². The van der Waals surface area contributed by atoms with E-state index in [1.54, 1.807) is 0 Å². The summed E-state index contributed by atoms with van der Waals surface area (Å²) >= 11 is 0. The van der Waals surface area contributed by atoms with E-state index in [-0.39, 0.29) is 1.43 Å². The summed E-state index contributed by atoms with van der Waals surface area (Å²) in [6.07, 6.45) is 8.17. The molecule has 0 atom stereocenters. The molecule has 2 heteroatoms. The zero-order valence-corrected chi connectivity index (χ0v) is 13.0. The summed E-state index contributed by atoms with van der Waals surface area (Å²) in [6.45, 7) is 12.6. The zero-order valence-electron chi connectivity index (χ0n) is 13.0. The summed E-state index contributed by atoms with van der Waals surface area (Å²) in [6, 6.07) is 0.499. The fraction of sp³-hybridized carbons (Fsp3) is 1.00. The van der Waals surface area contributed by atoms with Crippen molar-refractivity contribution < 1.29 is 1.43 Å². The van der Waals surface area contributed by atoms with Gasteiger partial charge in [0.2, 0.25) is 0 Å². The Hall–Kier alpha value is -0.0800. The van der Waals surface area contributed by atoms with Gasteiger partial charge in [-0.3, -0.25) is 0 Å². The molecule has 1 aliphatic heterocycles. The first-order chi connectivity index (χ1) is 8.60. The van der Waals surface area contributed by atoms with Crippen molar-refractivity contribution in [1.82, 2.24) is 4.90 Å². The number of nitrogens with two attached hydrogens (primary N) is 1. The molecule has 0 amide bonds. The normalized spacial score (nSPS) is 25.0. The molecule has 2 fully saturated rings. The molecular formula is C16H36N2. The number of rotatable bonds is 2. The van der Waals surface area contributed by atoms with Crippen molar-refractivity contribution in [3.8, 4) is 0 Å². The summed E-state index contributed by atoms with van der Waals surface area (Å²) < 4.78 is 0. The fourth-order valence-electron chi connectivity index (χ4n) is 3.48. The molecule has 2 nitrogen and oxygen atoms in total. The van der Waals surface area contributed by atoms with Gasteiger partial charge in [-0.25, -0.2) is 0 Å². The van der Waals surface area contributed by atoms with Crippen LogP contribution in [-0.2, 0) is 0 Å². The average molecular weight is 256 g/mol. The van der Waals surface area contributed by atoms with Crippen LogP contribution in [0.5, 0.6) is 0 Å². The third-order valence-electron chi connectivity index (χ3n) is 4.63. The standard InChI is InChI=1S/C14H28N2.C2H6.H2/c1-12(2)11-16-9-7-14(8-10-16)5-3-13(15)4-6-14;1-2;/h12-13H,3-11,15H2,1-2H3;1-2H3;1H. The minimum atomic E-state index is 0. The molecule has 2 rings (SSSR count). The van der Waals surface area contributed by atoms with Gasteiger partial charge in [0.15, 0.2) is 0 Å². The Labute approximate surface area is 116 Å². The lowest BCUT2D eigenvalue weighted by molar-refractivity contribution is 0.0576.